The molecule has 0 fully saturated rings. The van der Waals surface area contributed by atoms with E-state index in [0.29, 0.717) is 11.2 Å². The van der Waals surface area contributed by atoms with Gasteiger partial charge in [-0.15, -0.1) is 11.8 Å². The summed E-state index contributed by atoms with van der Waals surface area (Å²) in [6.07, 6.45) is -0.459. The van der Waals surface area contributed by atoms with Crippen LogP contribution in [0, 0.1) is 5.92 Å². The average Bonchev–Trinajstić information content (AvgIpc) is 2.20. The Kier molecular flexibility index (Phi) is 5.16. The van der Waals surface area contributed by atoms with Gasteiger partial charge in [0, 0.05) is 10.1 Å². The Bertz CT molecular complexity index is 350. The number of hydrogen-bond donors (Lipinski definition) is 1. The molecule has 90 valence electrons. The highest BCUT2D eigenvalue weighted by Gasteiger charge is 2.12. The molecule has 2 unspecified atom stereocenters. The zero-order chi connectivity index (χ0) is 12.3. The summed E-state index contributed by atoms with van der Waals surface area (Å²) >= 11 is 7.98. The standard InChI is InChI=1S/C13H19ClOS/c1-8(2)10(4)16-13-6-5-11(9(3)15)7-12(13)14/h5-10,15H,1-4H3. The lowest BCUT2D eigenvalue weighted by Crippen LogP contribution is -2.05. The minimum absolute atomic E-state index is 0.459. The molecule has 1 nitrogen and oxygen atoms in total. The lowest BCUT2D eigenvalue weighted by atomic mass is 10.1. The molecule has 0 heterocycles. The first-order valence-electron chi connectivity index (χ1n) is 5.56. The molecule has 3 heteroatoms. The first-order chi connectivity index (χ1) is 7.41. The summed E-state index contributed by atoms with van der Waals surface area (Å²) in [6, 6.07) is 5.78. The molecule has 16 heavy (non-hydrogen) atoms. The van der Waals surface area contributed by atoms with Crippen molar-refractivity contribution in [1.29, 1.82) is 0 Å². The molecular formula is C13H19ClOS. The molecule has 0 bridgehead atoms. The second-order valence-electron chi connectivity index (χ2n) is 4.43. The molecule has 0 saturated carbocycles. The van der Waals surface area contributed by atoms with Crippen molar-refractivity contribution in [3.63, 3.8) is 0 Å². The number of rotatable bonds is 4. The van der Waals surface area contributed by atoms with E-state index >= 15 is 0 Å². The van der Waals surface area contributed by atoms with Gasteiger partial charge in [-0.25, -0.2) is 0 Å². The number of aliphatic hydroxyl groups excluding tert-OH is 1. The maximum absolute atomic E-state index is 9.44. The third-order valence-electron chi connectivity index (χ3n) is 2.69. The van der Waals surface area contributed by atoms with E-state index in [1.165, 1.54) is 0 Å². The second-order valence-corrected chi connectivity index (χ2v) is 6.26. The smallest absolute Gasteiger partial charge is 0.0762 e. The zero-order valence-corrected chi connectivity index (χ0v) is 11.8. The highest BCUT2D eigenvalue weighted by molar-refractivity contribution is 8.00. The van der Waals surface area contributed by atoms with Gasteiger partial charge in [-0.05, 0) is 30.5 Å². The molecule has 0 saturated heterocycles. The van der Waals surface area contributed by atoms with Crippen molar-refractivity contribution in [2.24, 2.45) is 5.92 Å². The van der Waals surface area contributed by atoms with Gasteiger partial charge in [-0.2, -0.15) is 0 Å². The van der Waals surface area contributed by atoms with Gasteiger partial charge < -0.3 is 5.11 Å². The molecule has 1 aromatic carbocycles. The fraction of sp³-hybridized carbons (Fsp3) is 0.538. The van der Waals surface area contributed by atoms with Crippen molar-refractivity contribution in [2.45, 2.75) is 43.9 Å². The van der Waals surface area contributed by atoms with Crippen molar-refractivity contribution in [2.75, 3.05) is 0 Å². The minimum Gasteiger partial charge on any atom is -0.389 e. The number of halogens is 1. The predicted molar refractivity (Wildman–Crippen MR) is 72.2 cm³/mol. The van der Waals surface area contributed by atoms with Crippen molar-refractivity contribution >= 4 is 23.4 Å². The molecule has 0 amide bonds. The van der Waals surface area contributed by atoms with Crippen molar-refractivity contribution in [3.05, 3.63) is 28.8 Å². The first-order valence-corrected chi connectivity index (χ1v) is 6.81. The fourth-order valence-electron chi connectivity index (χ4n) is 1.21. The molecule has 0 radical (unpaired) electrons. The summed E-state index contributed by atoms with van der Waals surface area (Å²) in [5, 5.41) is 10.7. The lowest BCUT2D eigenvalue weighted by Gasteiger charge is -2.16. The summed E-state index contributed by atoms with van der Waals surface area (Å²) in [5.74, 6) is 0.623. The minimum atomic E-state index is -0.459. The molecule has 0 aliphatic heterocycles. The maximum atomic E-state index is 9.44. The highest BCUT2D eigenvalue weighted by Crippen LogP contribution is 2.34. The third kappa shape index (κ3) is 3.69. The molecule has 1 aromatic rings. The van der Waals surface area contributed by atoms with Crippen LogP contribution in [0.4, 0.5) is 0 Å². The van der Waals surface area contributed by atoms with E-state index in [0.717, 1.165) is 15.5 Å². The Hall–Kier alpha value is -0.180. The van der Waals surface area contributed by atoms with Crippen molar-refractivity contribution in [1.82, 2.24) is 0 Å². The van der Waals surface area contributed by atoms with Gasteiger partial charge >= 0.3 is 0 Å². The van der Waals surface area contributed by atoms with Crippen LogP contribution in [-0.2, 0) is 0 Å². The van der Waals surface area contributed by atoms with Crippen LogP contribution < -0.4 is 0 Å². The molecule has 1 N–H and O–H groups in total. The Morgan fingerprint density at radius 1 is 1.19 bits per heavy atom. The van der Waals surface area contributed by atoms with Gasteiger partial charge in [0.05, 0.1) is 11.1 Å². The molecule has 0 spiro atoms. The maximum Gasteiger partial charge on any atom is 0.0762 e. The van der Waals surface area contributed by atoms with Gasteiger partial charge in [0.15, 0.2) is 0 Å². The molecular weight excluding hydrogens is 240 g/mol. The molecule has 2 atom stereocenters. The lowest BCUT2D eigenvalue weighted by molar-refractivity contribution is 0.199. The van der Waals surface area contributed by atoms with E-state index in [1.54, 1.807) is 18.7 Å². The van der Waals surface area contributed by atoms with Crippen LogP contribution in [0.1, 0.15) is 39.4 Å². The summed E-state index contributed by atoms with van der Waals surface area (Å²) in [7, 11) is 0. The topological polar surface area (TPSA) is 20.2 Å². The Morgan fingerprint density at radius 3 is 2.25 bits per heavy atom. The van der Waals surface area contributed by atoms with Gasteiger partial charge in [0.2, 0.25) is 0 Å². The monoisotopic (exact) mass is 258 g/mol. The number of thioether (sulfide) groups is 1. The average molecular weight is 259 g/mol. The van der Waals surface area contributed by atoms with E-state index in [2.05, 4.69) is 20.8 Å². The van der Waals surface area contributed by atoms with Crippen molar-refractivity contribution in [3.8, 4) is 0 Å². The zero-order valence-electron chi connectivity index (χ0n) is 10.2. The third-order valence-corrected chi connectivity index (χ3v) is 4.64. The Morgan fingerprint density at radius 2 is 1.81 bits per heavy atom. The summed E-state index contributed by atoms with van der Waals surface area (Å²) in [5.41, 5.74) is 0.867. The molecule has 1 rings (SSSR count). The number of benzene rings is 1. The first kappa shape index (κ1) is 13.9. The van der Waals surface area contributed by atoms with Crippen LogP contribution >= 0.6 is 23.4 Å². The SMILES string of the molecule is CC(O)c1ccc(SC(C)C(C)C)c(Cl)c1. The molecule has 0 aliphatic carbocycles. The normalized spacial score (nSPS) is 15.2. The summed E-state index contributed by atoms with van der Waals surface area (Å²) in [4.78, 5) is 1.09. The van der Waals surface area contributed by atoms with Crippen LogP contribution in [0.5, 0.6) is 0 Å². The van der Waals surface area contributed by atoms with Gasteiger partial charge in [-0.1, -0.05) is 38.4 Å². The van der Waals surface area contributed by atoms with E-state index in [1.807, 2.05) is 18.2 Å². The Balaban J connectivity index is 2.83. The Labute approximate surface area is 107 Å². The second kappa shape index (κ2) is 5.95. The molecule has 0 aliphatic rings. The van der Waals surface area contributed by atoms with Gasteiger partial charge in [0.25, 0.3) is 0 Å². The molecule has 0 aromatic heterocycles. The van der Waals surface area contributed by atoms with Crippen LogP contribution in [-0.4, -0.2) is 10.4 Å². The van der Waals surface area contributed by atoms with Gasteiger partial charge in [-0.3, -0.25) is 0 Å². The van der Waals surface area contributed by atoms with Crippen LogP contribution in [0.3, 0.4) is 0 Å². The largest absolute Gasteiger partial charge is 0.389 e. The summed E-state index contributed by atoms with van der Waals surface area (Å²) in [6.45, 7) is 8.36. The van der Waals surface area contributed by atoms with E-state index in [9.17, 15) is 5.11 Å². The van der Waals surface area contributed by atoms with Crippen LogP contribution in [0.2, 0.25) is 5.02 Å². The van der Waals surface area contributed by atoms with Crippen molar-refractivity contribution < 1.29 is 5.11 Å². The van der Waals surface area contributed by atoms with Crippen LogP contribution in [0.15, 0.2) is 23.1 Å². The van der Waals surface area contributed by atoms with Gasteiger partial charge in [0.1, 0.15) is 0 Å². The van der Waals surface area contributed by atoms with E-state index < -0.39 is 6.10 Å². The van der Waals surface area contributed by atoms with E-state index in [4.69, 9.17) is 11.6 Å². The van der Waals surface area contributed by atoms with E-state index in [-0.39, 0.29) is 0 Å². The quantitative estimate of drug-likeness (QED) is 0.801. The van der Waals surface area contributed by atoms with Crippen LogP contribution in [0.25, 0.3) is 0 Å². The fourth-order valence-corrected chi connectivity index (χ4v) is 2.52. The summed E-state index contributed by atoms with van der Waals surface area (Å²) < 4.78 is 0. The predicted octanol–water partition coefficient (Wildman–Crippen LogP) is 4.53. The highest BCUT2D eigenvalue weighted by atomic mass is 35.5. The number of hydrogen-bond acceptors (Lipinski definition) is 2. The number of aliphatic hydroxyl groups is 1.